The van der Waals surface area contributed by atoms with Crippen LogP contribution in [0.1, 0.15) is 35.7 Å². The molecule has 5 rings (SSSR count). The highest BCUT2D eigenvalue weighted by molar-refractivity contribution is 5.87. The van der Waals surface area contributed by atoms with Crippen LogP contribution in [0.25, 0.3) is 10.9 Å². The molecule has 0 amide bonds. The minimum Gasteiger partial charge on any atom is -0.489 e. The van der Waals surface area contributed by atoms with Crippen molar-refractivity contribution in [3.05, 3.63) is 65.4 Å². The lowest BCUT2D eigenvalue weighted by Gasteiger charge is -2.27. The molecule has 2 N–H and O–H groups in total. The fourth-order valence-electron chi connectivity index (χ4n) is 4.45. The third-order valence-corrected chi connectivity index (χ3v) is 5.53. The minimum atomic E-state index is 0.631. The fraction of sp³-hybridized carbons (Fsp3) is 0.333. The number of fused-ring (bicyclic) bond motifs is 3. The molecule has 0 radical (unpaired) electrons. The minimum absolute atomic E-state index is 0.631. The lowest BCUT2D eigenvalue weighted by molar-refractivity contribution is -0.704. The van der Waals surface area contributed by atoms with Crippen LogP contribution in [0, 0.1) is 0 Å². The topological polar surface area (TPSA) is 30.8 Å². The van der Waals surface area contributed by atoms with E-state index in [2.05, 4.69) is 52.3 Å². The Labute approximate surface area is 142 Å². The van der Waals surface area contributed by atoms with Gasteiger partial charge >= 0.3 is 0 Å². The summed E-state index contributed by atoms with van der Waals surface area (Å²) in [6, 6.07) is 17.7. The Balaban J connectivity index is 1.52. The molecule has 1 aliphatic heterocycles. The van der Waals surface area contributed by atoms with Crippen molar-refractivity contribution in [3.8, 4) is 5.75 Å². The summed E-state index contributed by atoms with van der Waals surface area (Å²) in [6.45, 7) is 2.96. The van der Waals surface area contributed by atoms with Crippen molar-refractivity contribution >= 4 is 10.9 Å². The van der Waals surface area contributed by atoms with Gasteiger partial charge in [-0.3, -0.25) is 0 Å². The van der Waals surface area contributed by atoms with Crippen LogP contribution in [0.2, 0.25) is 0 Å². The number of hydrogen-bond acceptors (Lipinski definition) is 1. The molecule has 3 heteroatoms. The van der Waals surface area contributed by atoms with Crippen molar-refractivity contribution in [1.82, 2.24) is 4.57 Å². The summed E-state index contributed by atoms with van der Waals surface area (Å²) in [6.07, 6.45) is 3.84. The standard InChI is InChI=1S/C21H22N2O/c1-2-5-15(6-3-1)14-24-16-9-10-20-18(13-16)17-7-4-8-19-21(17)23(20)12-11-22-19/h1-3,5-6,9-10,13,19,22H,4,7-8,11-12,14H2/p+1. The molecule has 2 aliphatic rings. The van der Waals surface area contributed by atoms with Gasteiger partial charge in [-0.25, -0.2) is 0 Å². The largest absolute Gasteiger partial charge is 0.489 e. The van der Waals surface area contributed by atoms with Crippen molar-refractivity contribution < 1.29 is 10.1 Å². The Morgan fingerprint density at radius 1 is 1.12 bits per heavy atom. The Morgan fingerprint density at radius 3 is 2.96 bits per heavy atom. The van der Waals surface area contributed by atoms with Crippen molar-refractivity contribution in [1.29, 1.82) is 0 Å². The average molecular weight is 319 g/mol. The van der Waals surface area contributed by atoms with Gasteiger partial charge in [-0.2, -0.15) is 0 Å². The number of nitrogens with two attached hydrogens (primary N) is 1. The number of benzene rings is 2. The van der Waals surface area contributed by atoms with E-state index in [9.17, 15) is 0 Å². The normalized spacial score (nSPS) is 19.2. The van der Waals surface area contributed by atoms with E-state index in [1.807, 2.05) is 6.07 Å². The second kappa shape index (κ2) is 5.67. The van der Waals surface area contributed by atoms with Gasteiger partial charge in [-0.05, 0) is 42.2 Å². The quantitative estimate of drug-likeness (QED) is 0.790. The second-order valence-electron chi connectivity index (χ2n) is 6.99. The maximum Gasteiger partial charge on any atom is 0.127 e. The van der Waals surface area contributed by atoms with Crippen LogP contribution in [-0.4, -0.2) is 11.1 Å². The Bertz CT molecular complexity index is 880. The Kier molecular flexibility index (Phi) is 3.34. The maximum absolute atomic E-state index is 6.06. The molecule has 1 aromatic heterocycles. The molecule has 2 heterocycles. The molecule has 2 aromatic carbocycles. The first-order valence-corrected chi connectivity index (χ1v) is 9.05. The molecule has 1 atom stereocenters. The van der Waals surface area contributed by atoms with E-state index in [4.69, 9.17) is 4.74 Å². The van der Waals surface area contributed by atoms with Gasteiger partial charge in [0, 0.05) is 17.3 Å². The van der Waals surface area contributed by atoms with Crippen molar-refractivity contribution in [2.75, 3.05) is 6.54 Å². The van der Waals surface area contributed by atoms with Gasteiger partial charge in [-0.15, -0.1) is 0 Å². The average Bonchev–Trinajstić information content (AvgIpc) is 2.97. The first-order valence-electron chi connectivity index (χ1n) is 9.05. The summed E-state index contributed by atoms with van der Waals surface area (Å²) in [5.74, 6) is 0.983. The SMILES string of the molecule is c1ccc(COc2ccc3c(c2)c2c4n3CC[NH2+]C4CCC2)cc1. The van der Waals surface area contributed by atoms with E-state index in [0.29, 0.717) is 12.6 Å². The molecule has 0 saturated carbocycles. The van der Waals surface area contributed by atoms with E-state index in [0.717, 1.165) is 12.3 Å². The van der Waals surface area contributed by atoms with Crippen molar-refractivity contribution in [3.63, 3.8) is 0 Å². The first-order chi connectivity index (χ1) is 11.9. The third kappa shape index (κ3) is 2.23. The zero-order valence-corrected chi connectivity index (χ0v) is 13.9. The van der Waals surface area contributed by atoms with Crippen LogP contribution in [0.4, 0.5) is 0 Å². The summed E-state index contributed by atoms with van der Waals surface area (Å²) < 4.78 is 8.62. The Hall–Kier alpha value is -2.26. The number of rotatable bonds is 3. The zero-order chi connectivity index (χ0) is 15.9. The van der Waals surface area contributed by atoms with E-state index >= 15 is 0 Å². The molecule has 24 heavy (non-hydrogen) atoms. The zero-order valence-electron chi connectivity index (χ0n) is 13.9. The molecule has 3 nitrogen and oxygen atoms in total. The van der Waals surface area contributed by atoms with E-state index in [-0.39, 0.29) is 0 Å². The second-order valence-corrected chi connectivity index (χ2v) is 6.99. The van der Waals surface area contributed by atoms with Crippen LogP contribution < -0.4 is 10.1 Å². The van der Waals surface area contributed by atoms with Gasteiger partial charge in [0.05, 0.1) is 18.8 Å². The summed E-state index contributed by atoms with van der Waals surface area (Å²) in [4.78, 5) is 0. The summed E-state index contributed by atoms with van der Waals surface area (Å²) in [5.41, 5.74) is 5.77. The van der Waals surface area contributed by atoms with E-state index in [1.165, 1.54) is 42.3 Å². The third-order valence-electron chi connectivity index (χ3n) is 5.53. The van der Waals surface area contributed by atoms with Crippen molar-refractivity contribution in [2.24, 2.45) is 0 Å². The van der Waals surface area contributed by atoms with Crippen LogP contribution in [-0.2, 0) is 19.6 Å². The van der Waals surface area contributed by atoms with Crippen LogP contribution in [0.5, 0.6) is 5.75 Å². The molecule has 1 aliphatic carbocycles. The summed E-state index contributed by atoms with van der Waals surface area (Å²) in [5, 5.41) is 3.94. The lowest BCUT2D eigenvalue weighted by Crippen LogP contribution is -2.88. The van der Waals surface area contributed by atoms with Crippen LogP contribution in [0.3, 0.4) is 0 Å². The predicted molar refractivity (Wildman–Crippen MR) is 95.2 cm³/mol. The van der Waals surface area contributed by atoms with Gasteiger partial charge in [-0.1, -0.05) is 30.3 Å². The predicted octanol–water partition coefficient (Wildman–Crippen LogP) is 3.17. The number of aromatic nitrogens is 1. The smallest absolute Gasteiger partial charge is 0.127 e. The van der Waals surface area contributed by atoms with Crippen LogP contribution in [0.15, 0.2) is 48.5 Å². The van der Waals surface area contributed by atoms with E-state index < -0.39 is 0 Å². The van der Waals surface area contributed by atoms with Crippen molar-refractivity contribution in [2.45, 2.75) is 38.5 Å². The summed E-state index contributed by atoms with van der Waals surface area (Å²) in [7, 11) is 0. The van der Waals surface area contributed by atoms with Crippen LogP contribution >= 0.6 is 0 Å². The molecule has 3 aromatic rings. The number of nitrogens with zero attached hydrogens (tertiary/aromatic N) is 1. The molecule has 0 bridgehead atoms. The van der Waals surface area contributed by atoms with Gasteiger partial charge in [0.25, 0.3) is 0 Å². The monoisotopic (exact) mass is 319 g/mol. The number of hydrogen-bond donors (Lipinski definition) is 1. The highest BCUT2D eigenvalue weighted by Crippen LogP contribution is 2.38. The van der Waals surface area contributed by atoms with Gasteiger partial charge in [0.15, 0.2) is 0 Å². The molecule has 0 fully saturated rings. The molecule has 0 saturated heterocycles. The molecule has 122 valence electrons. The molecule has 0 spiro atoms. The highest BCUT2D eigenvalue weighted by atomic mass is 16.5. The molecular formula is C21H23N2O+. The summed E-state index contributed by atoms with van der Waals surface area (Å²) >= 11 is 0. The first kappa shape index (κ1) is 14.1. The fourth-order valence-corrected chi connectivity index (χ4v) is 4.45. The lowest BCUT2D eigenvalue weighted by atomic mass is 9.91. The maximum atomic E-state index is 6.06. The van der Waals surface area contributed by atoms with Gasteiger partial charge < -0.3 is 14.6 Å². The van der Waals surface area contributed by atoms with Gasteiger partial charge in [0.2, 0.25) is 0 Å². The highest BCUT2D eigenvalue weighted by Gasteiger charge is 2.32. The number of aryl methyl sites for hydroxylation is 1. The number of ether oxygens (including phenoxy) is 1. The van der Waals surface area contributed by atoms with E-state index in [1.54, 1.807) is 11.3 Å². The van der Waals surface area contributed by atoms with Gasteiger partial charge in [0.1, 0.15) is 18.4 Å². The Morgan fingerprint density at radius 2 is 2.04 bits per heavy atom. The number of quaternary nitrogens is 1. The molecule has 1 unspecified atom stereocenters. The molecular weight excluding hydrogens is 296 g/mol.